The van der Waals surface area contributed by atoms with Crippen LogP contribution in [0.15, 0.2) is 0 Å². The lowest BCUT2D eigenvalue weighted by atomic mass is 10.1. The predicted molar refractivity (Wildman–Crippen MR) is 61.6 cm³/mol. The van der Waals surface area contributed by atoms with E-state index in [1.165, 1.54) is 0 Å². The van der Waals surface area contributed by atoms with Gasteiger partial charge in [0.15, 0.2) is 0 Å². The molecule has 2 N–H and O–H groups in total. The van der Waals surface area contributed by atoms with E-state index in [-0.39, 0.29) is 5.97 Å². The SMILES string of the molecule is CCOC(=O)C(N)CN(C)CC(C)CC. The number of carbonyl (C=O) groups is 1. The number of carbonyl (C=O) groups excluding carboxylic acids is 1. The first-order valence-corrected chi connectivity index (χ1v) is 5.61. The van der Waals surface area contributed by atoms with Gasteiger partial charge in [-0.2, -0.15) is 0 Å². The lowest BCUT2D eigenvalue weighted by Gasteiger charge is -2.22. The van der Waals surface area contributed by atoms with Crippen molar-refractivity contribution < 1.29 is 9.53 Å². The number of hydrogen-bond donors (Lipinski definition) is 1. The normalized spacial score (nSPS) is 15.1. The lowest BCUT2D eigenvalue weighted by Crippen LogP contribution is -2.43. The Morgan fingerprint density at radius 1 is 1.40 bits per heavy atom. The number of nitrogens with zero attached hydrogens (tertiary/aromatic N) is 1. The van der Waals surface area contributed by atoms with E-state index in [4.69, 9.17) is 10.5 Å². The highest BCUT2D eigenvalue weighted by molar-refractivity contribution is 5.75. The van der Waals surface area contributed by atoms with E-state index in [0.717, 1.165) is 13.0 Å². The summed E-state index contributed by atoms with van der Waals surface area (Å²) < 4.78 is 4.85. The minimum atomic E-state index is -0.529. The third-order valence-corrected chi connectivity index (χ3v) is 2.42. The summed E-state index contributed by atoms with van der Waals surface area (Å²) in [6.07, 6.45) is 1.14. The fourth-order valence-electron chi connectivity index (χ4n) is 1.40. The molecule has 0 aromatic rings. The van der Waals surface area contributed by atoms with Crippen LogP contribution in [0.5, 0.6) is 0 Å². The van der Waals surface area contributed by atoms with Crippen LogP contribution < -0.4 is 5.73 Å². The molecule has 0 aromatic carbocycles. The molecule has 0 aliphatic carbocycles. The topological polar surface area (TPSA) is 55.6 Å². The molecule has 0 aromatic heterocycles. The van der Waals surface area contributed by atoms with Crippen LogP contribution in [0.1, 0.15) is 27.2 Å². The zero-order chi connectivity index (χ0) is 11.8. The number of nitrogens with two attached hydrogens (primary N) is 1. The van der Waals surface area contributed by atoms with E-state index >= 15 is 0 Å². The second kappa shape index (κ2) is 7.65. The molecule has 0 aliphatic rings. The number of ether oxygens (including phenoxy) is 1. The van der Waals surface area contributed by atoms with Gasteiger partial charge in [0.25, 0.3) is 0 Å². The third-order valence-electron chi connectivity index (χ3n) is 2.42. The van der Waals surface area contributed by atoms with Gasteiger partial charge in [0.2, 0.25) is 0 Å². The molecule has 0 amide bonds. The number of hydrogen-bond acceptors (Lipinski definition) is 4. The van der Waals surface area contributed by atoms with E-state index in [1.54, 1.807) is 6.92 Å². The molecule has 4 nitrogen and oxygen atoms in total. The highest BCUT2D eigenvalue weighted by Gasteiger charge is 2.17. The van der Waals surface area contributed by atoms with Gasteiger partial charge in [-0.3, -0.25) is 4.79 Å². The number of likely N-dealkylation sites (N-methyl/N-ethyl adjacent to an activating group) is 1. The summed E-state index contributed by atoms with van der Waals surface area (Å²) in [5.41, 5.74) is 5.71. The summed E-state index contributed by atoms with van der Waals surface area (Å²) in [5, 5.41) is 0. The third kappa shape index (κ3) is 6.47. The summed E-state index contributed by atoms with van der Waals surface area (Å²) in [6, 6.07) is -0.529. The van der Waals surface area contributed by atoms with E-state index in [1.807, 2.05) is 7.05 Å². The molecule has 0 bridgehead atoms. The molecule has 0 aliphatic heterocycles. The Bertz CT molecular complexity index is 185. The van der Waals surface area contributed by atoms with Crippen LogP contribution >= 0.6 is 0 Å². The fraction of sp³-hybridized carbons (Fsp3) is 0.909. The molecule has 0 heterocycles. The van der Waals surface area contributed by atoms with Gasteiger partial charge in [0.1, 0.15) is 6.04 Å². The molecule has 0 saturated carbocycles. The van der Waals surface area contributed by atoms with Crippen molar-refractivity contribution in [3.63, 3.8) is 0 Å². The van der Waals surface area contributed by atoms with Crippen LogP contribution in [0.2, 0.25) is 0 Å². The second-order valence-corrected chi connectivity index (χ2v) is 4.09. The van der Waals surface area contributed by atoms with Crippen molar-refractivity contribution in [3.8, 4) is 0 Å². The smallest absolute Gasteiger partial charge is 0.324 e. The quantitative estimate of drug-likeness (QED) is 0.641. The van der Waals surface area contributed by atoms with E-state index in [2.05, 4.69) is 18.7 Å². The summed E-state index contributed by atoms with van der Waals surface area (Å²) in [5.74, 6) is 0.317. The van der Waals surface area contributed by atoms with Crippen molar-refractivity contribution in [3.05, 3.63) is 0 Å². The molecule has 0 fully saturated rings. The largest absolute Gasteiger partial charge is 0.465 e. The maximum absolute atomic E-state index is 11.3. The highest BCUT2D eigenvalue weighted by atomic mass is 16.5. The minimum absolute atomic E-state index is 0.312. The van der Waals surface area contributed by atoms with Crippen molar-refractivity contribution in [1.82, 2.24) is 4.90 Å². The van der Waals surface area contributed by atoms with Crippen LogP contribution in [-0.4, -0.2) is 43.7 Å². The van der Waals surface area contributed by atoms with Gasteiger partial charge >= 0.3 is 5.97 Å². The molecule has 15 heavy (non-hydrogen) atoms. The summed E-state index contributed by atoms with van der Waals surface area (Å²) in [6.45, 7) is 8.04. The van der Waals surface area contributed by atoms with Gasteiger partial charge in [-0.15, -0.1) is 0 Å². The Labute approximate surface area is 92.8 Å². The average molecular weight is 216 g/mol. The van der Waals surface area contributed by atoms with Gasteiger partial charge in [-0.25, -0.2) is 0 Å². The summed E-state index contributed by atoms with van der Waals surface area (Å²) in [7, 11) is 1.98. The van der Waals surface area contributed by atoms with Gasteiger partial charge in [-0.1, -0.05) is 20.3 Å². The van der Waals surface area contributed by atoms with E-state index in [0.29, 0.717) is 19.1 Å². The highest BCUT2D eigenvalue weighted by Crippen LogP contribution is 2.02. The second-order valence-electron chi connectivity index (χ2n) is 4.09. The Balaban J connectivity index is 3.84. The van der Waals surface area contributed by atoms with E-state index in [9.17, 15) is 4.79 Å². The van der Waals surface area contributed by atoms with E-state index < -0.39 is 6.04 Å². The molecule has 0 rings (SSSR count). The standard InChI is InChI=1S/C11H24N2O2/c1-5-9(3)7-13(4)8-10(12)11(14)15-6-2/h9-10H,5-8,12H2,1-4H3. The van der Waals surface area contributed by atoms with Crippen LogP contribution in [0, 0.1) is 5.92 Å². The zero-order valence-corrected chi connectivity index (χ0v) is 10.3. The van der Waals surface area contributed by atoms with Crippen molar-refractivity contribution >= 4 is 5.97 Å². The maximum atomic E-state index is 11.3. The fourth-order valence-corrected chi connectivity index (χ4v) is 1.40. The molecule has 2 unspecified atom stereocenters. The summed E-state index contributed by atoms with van der Waals surface area (Å²) >= 11 is 0. The van der Waals surface area contributed by atoms with Crippen LogP contribution in [0.3, 0.4) is 0 Å². The Morgan fingerprint density at radius 2 is 2.00 bits per heavy atom. The molecular formula is C11H24N2O2. The monoisotopic (exact) mass is 216 g/mol. The number of esters is 1. The Kier molecular flexibility index (Phi) is 7.34. The van der Waals surface area contributed by atoms with Gasteiger partial charge in [-0.05, 0) is 19.9 Å². The first kappa shape index (κ1) is 14.4. The molecular weight excluding hydrogens is 192 g/mol. The van der Waals surface area contributed by atoms with Crippen molar-refractivity contribution in [2.75, 3.05) is 26.7 Å². The minimum Gasteiger partial charge on any atom is -0.465 e. The molecule has 0 saturated heterocycles. The van der Waals surface area contributed by atoms with Crippen LogP contribution in [0.4, 0.5) is 0 Å². The number of rotatable bonds is 7. The Morgan fingerprint density at radius 3 is 2.47 bits per heavy atom. The van der Waals surface area contributed by atoms with Gasteiger partial charge in [0.05, 0.1) is 6.61 Å². The molecule has 4 heteroatoms. The van der Waals surface area contributed by atoms with Crippen molar-refractivity contribution in [1.29, 1.82) is 0 Å². The zero-order valence-electron chi connectivity index (χ0n) is 10.3. The van der Waals surface area contributed by atoms with Gasteiger partial charge in [0, 0.05) is 13.1 Å². The lowest BCUT2D eigenvalue weighted by molar-refractivity contribution is -0.145. The molecule has 0 radical (unpaired) electrons. The average Bonchev–Trinajstić information content (AvgIpc) is 2.17. The predicted octanol–water partition coefficient (Wildman–Crippen LogP) is 0.855. The first-order valence-electron chi connectivity index (χ1n) is 5.61. The molecule has 90 valence electrons. The molecule has 0 spiro atoms. The van der Waals surface area contributed by atoms with Crippen molar-refractivity contribution in [2.24, 2.45) is 11.7 Å². The van der Waals surface area contributed by atoms with Crippen LogP contribution in [-0.2, 0) is 9.53 Å². The Hall–Kier alpha value is -0.610. The maximum Gasteiger partial charge on any atom is 0.324 e. The van der Waals surface area contributed by atoms with Gasteiger partial charge < -0.3 is 15.4 Å². The van der Waals surface area contributed by atoms with Crippen LogP contribution in [0.25, 0.3) is 0 Å². The summed E-state index contributed by atoms with van der Waals surface area (Å²) in [4.78, 5) is 13.3. The molecule has 2 atom stereocenters. The first-order chi connectivity index (χ1) is 7.01. The van der Waals surface area contributed by atoms with Crippen molar-refractivity contribution in [2.45, 2.75) is 33.2 Å².